The van der Waals surface area contributed by atoms with Gasteiger partial charge in [0.2, 0.25) is 5.91 Å². The summed E-state index contributed by atoms with van der Waals surface area (Å²) in [5.74, 6) is -1.01. The molecular weight excluding hydrogens is 418 g/mol. The second kappa shape index (κ2) is 10.1. The zero-order valence-corrected chi connectivity index (χ0v) is 17.2. The van der Waals surface area contributed by atoms with Gasteiger partial charge in [0.05, 0.1) is 10.7 Å². The maximum atomic E-state index is 14.5. The fourth-order valence-corrected chi connectivity index (χ4v) is 3.44. The van der Waals surface area contributed by atoms with Crippen LogP contribution in [-0.2, 0) is 9.59 Å². The average molecular weight is 438 g/mol. The number of amides is 1. The van der Waals surface area contributed by atoms with E-state index in [9.17, 15) is 27.2 Å². The second-order valence-corrected chi connectivity index (χ2v) is 7.60. The van der Waals surface area contributed by atoms with Crippen LogP contribution < -0.4 is 4.90 Å². The van der Waals surface area contributed by atoms with Gasteiger partial charge in [0.15, 0.2) is 0 Å². The molecule has 1 amide bonds. The summed E-state index contributed by atoms with van der Waals surface area (Å²) in [6.45, 7) is 6.88. The van der Waals surface area contributed by atoms with Gasteiger partial charge in [0.1, 0.15) is 11.6 Å². The first kappa shape index (κ1) is 24.2. The zero-order chi connectivity index (χ0) is 21.6. The Hall–Kier alpha value is -1.80. The molecule has 0 aliphatic heterocycles. The van der Waals surface area contributed by atoms with Crippen LogP contribution in [0.2, 0.25) is 5.02 Å². The molecular formula is C19H20ClF4NO2S. The van der Waals surface area contributed by atoms with E-state index < -0.39 is 23.5 Å². The van der Waals surface area contributed by atoms with Crippen LogP contribution in [0.15, 0.2) is 41.0 Å². The minimum Gasteiger partial charge on any atom is -0.300 e. The third kappa shape index (κ3) is 6.98. The number of halogens is 5. The summed E-state index contributed by atoms with van der Waals surface area (Å²) < 4.78 is 52.8. The van der Waals surface area contributed by atoms with Gasteiger partial charge in [0.25, 0.3) is 0 Å². The van der Waals surface area contributed by atoms with E-state index in [1.165, 1.54) is 24.8 Å². The predicted molar refractivity (Wildman–Crippen MR) is 104 cm³/mol. The summed E-state index contributed by atoms with van der Waals surface area (Å²) in [6, 6.07) is 2.28. The normalized spacial score (nSPS) is 12.1. The fourth-order valence-electron chi connectivity index (χ4n) is 2.23. The van der Waals surface area contributed by atoms with Crippen LogP contribution >= 0.6 is 23.4 Å². The molecule has 0 aromatic heterocycles. The van der Waals surface area contributed by atoms with Gasteiger partial charge in [-0.1, -0.05) is 18.2 Å². The summed E-state index contributed by atoms with van der Waals surface area (Å²) in [5.41, 5.74) is -1.55. The number of hydrogen-bond acceptors (Lipinski definition) is 3. The van der Waals surface area contributed by atoms with Crippen LogP contribution in [0.5, 0.6) is 0 Å². The van der Waals surface area contributed by atoms with E-state index in [2.05, 4.69) is 6.58 Å². The Bertz CT molecular complexity index is 806. The monoisotopic (exact) mass is 437 g/mol. The molecule has 0 atom stereocenters. The topological polar surface area (TPSA) is 37.4 Å². The number of anilines is 1. The van der Waals surface area contributed by atoms with Crippen LogP contribution in [0.3, 0.4) is 0 Å². The number of carbonyl (C=O) groups excluding carboxylic acids is 2. The molecule has 0 heterocycles. The summed E-state index contributed by atoms with van der Waals surface area (Å²) in [7, 11) is 0. The van der Waals surface area contributed by atoms with Crippen LogP contribution in [0.25, 0.3) is 0 Å². The molecule has 154 valence electrons. The standard InChI is InChI=1S/C19H20ClF4NO2S/c1-11(19(22,23)24)8-12(2)25(14(4)27)17-10-18(15(20)9-16(17)21)28-7-5-6-13(3)26/h8-10H,2,5-7H2,1,3-4H3/b11-8+. The highest BCUT2D eigenvalue weighted by Crippen LogP contribution is 2.36. The average Bonchev–Trinajstić information content (AvgIpc) is 2.53. The highest BCUT2D eigenvalue weighted by atomic mass is 35.5. The molecule has 0 aliphatic rings. The minimum absolute atomic E-state index is 0.0392. The lowest BCUT2D eigenvalue weighted by Gasteiger charge is -2.24. The zero-order valence-electron chi connectivity index (χ0n) is 15.6. The maximum absolute atomic E-state index is 14.5. The first-order valence-corrected chi connectivity index (χ1v) is 9.57. The Morgan fingerprint density at radius 1 is 1.25 bits per heavy atom. The van der Waals surface area contributed by atoms with E-state index in [-0.39, 0.29) is 22.2 Å². The highest BCUT2D eigenvalue weighted by molar-refractivity contribution is 7.99. The number of ketones is 1. The van der Waals surface area contributed by atoms with Crippen molar-refractivity contribution < 1.29 is 27.2 Å². The number of allylic oxidation sites excluding steroid dienone is 2. The van der Waals surface area contributed by atoms with E-state index in [4.69, 9.17) is 11.6 Å². The molecule has 0 saturated heterocycles. The number of hydrogen-bond donors (Lipinski definition) is 0. The smallest absolute Gasteiger partial charge is 0.300 e. The molecule has 0 aliphatic carbocycles. The number of alkyl halides is 3. The Labute approximate surface area is 170 Å². The molecule has 0 saturated carbocycles. The molecule has 9 heteroatoms. The quantitative estimate of drug-likeness (QED) is 0.207. The van der Waals surface area contributed by atoms with E-state index >= 15 is 0 Å². The molecule has 0 spiro atoms. The SMILES string of the molecule is C=C(/C=C(\C)C(F)(F)F)N(C(C)=O)c1cc(SCCCC(C)=O)c(Cl)cc1F. The number of thioether (sulfide) groups is 1. The molecule has 1 aromatic rings. The Kier molecular flexibility index (Phi) is 8.75. The lowest BCUT2D eigenvalue weighted by molar-refractivity contribution is -0.117. The van der Waals surface area contributed by atoms with Gasteiger partial charge < -0.3 is 4.79 Å². The molecule has 1 aromatic carbocycles. The van der Waals surface area contributed by atoms with Crippen LogP contribution in [0, 0.1) is 5.82 Å². The Balaban J connectivity index is 3.22. The third-order valence-electron chi connectivity index (χ3n) is 3.61. The Morgan fingerprint density at radius 3 is 2.36 bits per heavy atom. The lowest BCUT2D eigenvalue weighted by atomic mass is 10.2. The van der Waals surface area contributed by atoms with Gasteiger partial charge in [-0.3, -0.25) is 9.69 Å². The highest BCUT2D eigenvalue weighted by Gasteiger charge is 2.31. The molecule has 0 unspecified atom stereocenters. The van der Waals surface area contributed by atoms with Crippen LogP contribution in [0.4, 0.5) is 23.2 Å². The summed E-state index contributed by atoms with van der Waals surface area (Å²) in [5, 5.41) is 0.102. The van der Waals surface area contributed by atoms with E-state index in [0.717, 1.165) is 24.8 Å². The van der Waals surface area contributed by atoms with Crippen molar-refractivity contribution in [3.8, 4) is 0 Å². The second-order valence-electron chi connectivity index (χ2n) is 6.06. The fraction of sp³-hybridized carbons (Fsp3) is 0.368. The summed E-state index contributed by atoms with van der Waals surface area (Å²) >= 11 is 7.29. The van der Waals surface area contributed by atoms with E-state index in [0.29, 0.717) is 29.6 Å². The number of carbonyl (C=O) groups is 2. The summed E-state index contributed by atoms with van der Waals surface area (Å²) in [4.78, 5) is 24.2. The molecule has 28 heavy (non-hydrogen) atoms. The lowest BCUT2D eigenvalue weighted by Crippen LogP contribution is -2.28. The molecule has 0 radical (unpaired) electrons. The van der Waals surface area contributed by atoms with Gasteiger partial charge >= 0.3 is 6.18 Å². The van der Waals surface area contributed by atoms with E-state index in [1.54, 1.807) is 0 Å². The van der Waals surface area contributed by atoms with Gasteiger partial charge in [-0.05, 0) is 44.2 Å². The first-order chi connectivity index (χ1) is 12.8. The van der Waals surface area contributed by atoms with Crippen molar-refractivity contribution in [1.29, 1.82) is 0 Å². The molecule has 3 nitrogen and oxygen atoms in total. The van der Waals surface area contributed by atoms with Gasteiger partial charge in [0, 0.05) is 29.5 Å². The van der Waals surface area contributed by atoms with Crippen molar-refractivity contribution in [3.63, 3.8) is 0 Å². The van der Waals surface area contributed by atoms with Crippen molar-refractivity contribution in [1.82, 2.24) is 0 Å². The van der Waals surface area contributed by atoms with Gasteiger partial charge in [-0.25, -0.2) is 4.39 Å². The number of nitrogens with zero attached hydrogens (tertiary/aromatic N) is 1. The van der Waals surface area contributed by atoms with Gasteiger partial charge in [-0.2, -0.15) is 13.2 Å². The largest absolute Gasteiger partial charge is 0.412 e. The number of benzene rings is 1. The van der Waals surface area contributed by atoms with Crippen molar-refractivity contribution in [2.24, 2.45) is 0 Å². The van der Waals surface area contributed by atoms with Crippen molar-refractivity contribution in [3.05, 3.63) is 46.9 Å². The maximum Gasteiger partial charge on any atom is 0.412 e. The van der Waals surface area contributed by atoms with Crippen molar-refractivity contribution in [2.45, 2.75) is 44.7 Å². The van der Waals surface area contributed by atoms with Crippen LogP contribution in [0.1, 0.15) is 33.6 Å². The number of rotatable bonds is 8. The predicted octanol–water partition coefficient (Wildman–Crippen LogP) is 6.32. The first-order valence-electron chi connectivity index (χ1n) is 8.21. The van der Waals surface area contributed by atoms with E-state index in [1.807, 2.05) is 0 Å². The summed E-state index contributed by atoms with van der Waals surface area (Å²) in [6.07, 6.45) is -2.95. The molecule has 0 fully saturated rings. The number of Topliss-reactive ketones (excluding diaryl/α,β-unsaturated/α-hetero) is 1. The van der Waals surface area contributed by atoms with Gasteiger partial charge in [-0.15, -0.1) is 11.8 Å². The molecule has 0 bridgehead atoms. The molecule has 1 rings (SSSR count). The minimum atomic E-state index is -4.60. The molecule has 0 N–H and O–H groups in total. The van der Waals surface area contributed by atoms with Crippen molar-refractivity contribution in [2.75, 3.05) is 10.7 Å². The Morgan fingerprint density at radius 2 is 1.86 bits per heavy atom. The van der Waals surface area contributed by atoms with Crippen molar-refractivity contribution >= 4 is 40.7 Å². The third-order valence-corrected chi connectivity index (χ3v) is 5.17. The van der Waals surface area contributed by atoms with Crippen LogP contribution in [-0.4, -0.2) is 23.6 Å².